The van der Waals surface area contributed by atoms with Gasteiger partial charge in [-0.05, 0) is 43.0 Å². The van der Waals surface area contributed by atoms with Gasteiger partial charge in [-0.15, -0.1) is 0 Å². The van der Waals surface area contributed by atoms with Crippen LogP contribution in [-0.4, -0.2) is 12.0 Å². The maximum absolute atomic E-state index is 11.7. The quantitative estimate of drug-likeness (QED) is 0.489. The zero-order valence-electron chi connectivity index (χ0n) is 11.7. The van der Waals surface area contributed by atoms with E-state index in [2.05, 4.69) is 11.5 Å². The summed E-state index contributed by atoms with van der Waals surface area (Å²) in [4.78, 5) is 11.7. The number of nitrogens with two attached hydrogens (primary N) is 1. The van der Waals surface area contributed by atoms with Crippen molar-refractivity contribution in [1.29, 1.82) is 5.26 Å². The Labute approximate surface area is 113 Å². The molecule has 5 nitrogen and oxygen atoms in total. The Hall–Kier alpha value is -2.06. The van der Waals surface area contributed by atoms with Crippen molar-refractivity contribution in [2.24, 2.45) is 11.8 Å². The fourth-order valence-electron chi connectivity index (χ4n) is 1.90. The molecule has 1 aromatic carbocycles. The first-order valence-corrected chi connectivity index (χ1v) is 6.09. The van der Waals surface area contributed by atoms with Crippen LogP contribution in [0.1, 0.15) is 30.5 Å². The number of ether oxygens (including phenoxy) is 1. The third kappa shape index (κ3) is 3.46. The molecule has 0 aliphatic rings. The van der Waals surface area contributed by atoms with Gasteiger partial charge in [0.05, 0.1) is 11.6 Å². The second kappa shape index (κ2) is 6.21. The van der Waals surface area contributed by atoms with Crippen molar-refractivity contribution < 1.29 is 9.53 Å². The molecule has 1 aromatic rings. The number of hydrogen-bond donors (Lipinski definition) is 2. The summed E-state index contributed by atoms with van der Waals surface area (Å²) >= 11 is 0. The fourth-order valence-corrected chi connectivity index (χ4v) is 1.90. The molecule has 0 aliphatic heterocycles. The van der Waals surface area contributed by atoms with Gasteiger partial charge >= 0.3 is 0 Å². The van der Waals surface area contributed by atoms with E-state index in [1.54, 1.807) is 12.1 Å². The minimum absolute atomic E-state index is 0.0157. The van der Waals surface area contributed by atoms with Gasteiger partial charge < -0.3 is 4.74 Å². The molecule has 1 rings (SSSR count). The van der Waals surface area contributed by atoms with Crippen LogP contribution in [0.2, 0.25) is 0 Å². The lowest BCUT2D eigenvalue weighted by Gasteiger charge is -2.23. The van der Waals surface area contributed by atoms with E-state index in [1.807, 2.05) is 27.7 Å². The van der Waals surface area contributed by atoms with Gasteiger partial charge in [0.15, 0.2) is 6.10 Å². The Bertz CT molecular complexity index is 495. The number of benzene rings is 1. The molecule has 0 aromatic heterocycles. The van der Waals surface area contributed by atoms with Crippen LogP contribution < -0.4 is 16.0 Å². The van der Waals surface area contributed by atoms with Crippen molar-refractivity contribution in [1.82, 2.24) is 5.43 Å². The zero-order valence-corrected chi connectivity index (χ0v) is 11.7. The third-order valence-electron chi connectivity index (χ3n) is 2.84. The molecular weight excluding hydrogens is 242 g/mol. The topological polar surface area (TPSA) is 88.1 Å². The number of carbonyl (C=O) groups is 1. The number of hydrazine groups is 1. The maximum Gasteiger partial charge on any atom is 0.275 e. The molecule has 102 valence electrons. The molecule has 0 aliphatic carbocycles. The van der Waals surface area contributed by atoms with Crippen LogP contribution in [0, 0.1) is 31.1 Å². The predicted octanol–water partition coefficient (Wildman–Crippen LogP) is 1.57. The summed E-state index contributed by atoms with van der Waals surface area (Å²) in [5, 5.41) is 8.90. The van der Waals surface area contributed by atoms with Crippen LogP contribution in [0.5, 0.6) is 5.75 Å². The summed E-state index contributed by atoms with van der Waals surface area (Å²) < 4.78 is 5.79. The number of nitriles is 1. The lowest BCUT2D eigenvalue weighted by Crippen LogP contribution is -2.45. The Morgan fingerprint density at radius 3 is 2.26 bits per heavy atom. The van der Waals surface area contributed by atoms with Gasteiger partial charge in [0.1, 0.15) is 5.75 Å². The van der Waals surface area contributed by atoms with Gasteiger partial charge in [-0.3, -0.25) is 10.2 Å². The number of hydrogen-bond acceptors (Lipinski definition) is 4. The number of nitrogens with zero attached hydrogens (tertiary/aromatic N) is 1. The molecule has 0 heterocycles. The summed E-state index contributed by atoms with van der Waals surface area (Å²) in [6.45, 7) is 7.46. The Kier molecular flexibility index (Phi) is 4.90. The van der Waals surface area contributed by atoms with Crippen molar-refractivity contribution >= 4 is 5.91 Å². The number of rotatable bonds is 4. The van der Waals surface area contributed by atoms with E-state index in [9.17, 15) is 4.79 Å². The first-order valence-electron chi connectivity index (χ1n) is 6.09. The lowest BCUT2D eigenvalue weighted by atomic mass is 10.0. The minimum atomic E-state index is -0.657. The SMILES string of the molecule is Cc1cc(C#N)cc(C)c1OC(C(=O)NN)C(C)C. The van der Waals surface area contributed by atoms with Gasteiger partial charge in [0, 0.05) is 0 Å². The highest BCUT2D eigenvalue weighted by Gasteiger charge is 2.24. The molecule has 3 N–H and O–H groups in total. The Balaban J connectivity index is 3.11. The van der Waals surface area contributed by atoms with Gasteiger partial charge in [0.25, 0.3) is 5.91 Å². The summed E-state index contributed by atoms with van der Waals surface area (Å²) in [5.74, 6) is 5.41. The molecule has 19 heavy (non-hydrogen) atoms. The van der Waals surface area contributed by atoms with E-state index in [4.69, 9.17) is 15.8 Å². The van der Waals surface area contributed by atoms with E-state index >= 15 is 0 Å². The van der Waals surface area contributed by atoms with Crippen LogP contribution in [0.25, 0.3) is 0 Å². The van der Waals surface area contributed by atoms with E-state index in [0.29, 0.717) is 11.3 Å². The average Bonchev–Trinajstić information content (AvgIpc) is 2.36. The number of amides is 1. The molecule has 1 unspecified atom stereocenters. The van der Waals surface area contributed by atoms with E-state index in [1.165, 1.54) is 0 Å². The van der Waals surface area contributed by atoms with Gasteiger partial charge in [0.2, 0.25) is 0 Å². The van der Waals surface area contributed by atoms with Crippen molar-refractivity contribution in [2.45, 2.75) is 33.8 Å². The molecular formula is C14H19N3O2. The van der Waals surface area contributed by atoms with E-state index < -0.39 is 6.10 Å². The Morgan fingerprint density at radius 2 is 1.89 bits per heavy atom. The second-order valence-corrected chi connectivity index (χ2v) is 4.84. The fraction of sp³-hybridized carbons (Fsp3) is 0.429. The third-order valence-corrected chi connectivity index (χ3v) is 2.84. The molecule has 5 heteroatoms. The summed E-state index contributed by atoms with van der Waals surface area (Å²) in [6.07, 6.45) is -0.657. The largest absolute Gasteiger partial charge is 0.480 e. The molecule has 1 atom stereocenters. The first kappa shape index (κ1) is 15.0. The summed E-state index contributed by atoms with van der Waals surface area (Å²) in [6, 6.07) is 5.56. The molecule has 0 radical (unpaired) electrons. The maximum atomic E-state index is 11.7. The van der Waals surface area contributed by atoms with Crippen LogP contribution >= 0.6 is 0 Å². The monoisotopic (exact) mass is 261 g/mol. The predicted molar refractivity (Wildman–Crippen MR) is 72.2 cm³/mol. The number of aryl methyl sites for hydroxylation is 2. The van der Waals surface area contributed by atoms with Crippen molar-refractivity contribution in [3.8, 4) is 11.8 Å². The minimum Gasteiger partial charge on any atom is -0.480 e. The van der Waals surface area contributed by atoms with Gasteiger partial charge in [-0.25, -0.2) is 5.84 Å². The first-order chi connectivity index (χ1) is 8.90. The molecule has 0 fully saturated rings. The molecule has 1 amide bonds. The van der Waals surface area contributed by atoms with E-state index in [0.717, 1.165) is 11.1 Å². The van der Waals surface area contributed by atoms with Crippen molar-refractivity contribution in [3.05, 3.63) is 28.8 Å². The van der Waals surface area contributed by atoms with Gasteiger partial charge in [-0.1, -0.05) is 13.8 Å². The molecule has 0 bridgehead atoms. The second-order valence-electron chi connectivity index (χ2n) is 4.84. The molecule has 0 saturated heterocycles. The molecule has 0 spiro atoms. The number of nitrogens with one attached hydrogen (secondary N) is 1. The van der Waals surface area contributed by atoms with Crippen LogP contribution in [0.15, 0.2) is 12.1 Å². The summed E-state index contributed by atoms with van der Waals surface area (Å²) in [7, 11) is 0. The van der Waals surface area contributed by atoms with E-state index in [-0.39, 0.29) is 11.8 Å². The smallest absolute Gasteiger partial charge is 0.275 e. The van der Waals surface area contributed by atoms with Crippen molar-refractivity contribution in [3.63, 3.8) is 0 Å². The molecule has 0 saturated carbocycles. The normalized spacial score (nSPS) is 11.8. The highest BCUT2D eigenvalue weighted by molar-refractivity contribution is 5.80. The standard InChI is InChI=1S/C14H19N3O2/c1-8(2)12(14(18)17-16)19-13-9(3)5-11(7-15)6-10(13)4/h5-6,8,12H,16H2,1-4H3,(H,17,18). The highest BCUT2D eigenvalue weighted by atomic mass is 16.5. The Morgan fingerprint density at radius 1 is 1.37 bits per heavy atom. The zero-order chi connectivity index (χ0) is 14.6. The van der Waals surface area contributed by atoms with Crippen LogP contribution in [0.4, 0.5) is 0 Å². The van der Waals surface area contributed by atoms with Gasteiger partial charge in [-0.2, -0.15) is 5.26 Å². The average molecular weight is 261 g/mol. The van der Waals surface area contributed by atoms with Crippen molar-refractivity contribution in [2.75, 3.05) is 0 Å². The van der Waals surface area contributed by atoms with Crippen LogP contribution in [-0.2, 0) is 4.79 Å². The highest BCUT2D eigenvalue weighted by Crippen LogP contribution is 2.27. The lowest BCUT2D eigenvalue weighted by molar-refractivity contribution is -0.129. The summed E-state index contributed by atoms with van der Waals surface area (Å²) in [5.41, 5.74) is 4.34. The number of carbonyl (C=O) groups excluding carboxylic acids is 1. The van der Waals surface area contributed by atoms with Crippen LogP contribution in [0.3, 0.4) is 0 Å².